The zero-order valence-electron chi connectivity index (χ0n) is 10.9. The molecule has 17 heavy (non-hydrogen) atoms. The van der Waals surface area contributed by atoms with Crippen molar-refractivity contribution in [2.75, 3.05) is 12.3 Å². The molecule has 0 bridgehead atoms. The molecule has 1 heterocycles. The maximum absolute atomic E-state index is 4.34. The van der Waals surface area contributed by atoms with E-state index in [-0.39, 0.29) is 0 Å². The average Bonchev–Trinajstić information content (AvgIpc) is 2.90. The summed E-state index contributed by atoms with van der Waals surface area (Å²) in [7, 11) is 2.06. The van der Waals surface area contributed by atoms with Gasteiger partial charge in [0.15, 0.2) is 0 Å². The molecule has 4 heteroatoms. The second-order valence-corrected chi connectivity index (χ2v) is 6.32. The van der Waals surface area contributed by atoms with Gasteiger partial charge < -0.3 is 9.88 Å². The van der Waals surface area contributed by atoms with Gasteiger partial charge in [-0.3, -0.25) is 0 Å². The molecule has 0 aliphatic heterocycles. The molecule has 1 N–H and O–H groups in total. The fraction of sp³-hybridized carbons (Fsp3) is 0.769. The van der Waals surface area contributed by atoms with Crippen LogP contribution in [0, 0.1) is 0 Å². The Morgan fingerprint density at radius 2 is 2.41 bits per heavy atom. The fourth-order valence-corrected chi connectivity index (χ4v) is 3.68. The van der Waals surface area contributed by atoms with Gasteiger partial charge in [0.1, 0.15) is 5.82 Å². The van der Waals surface area contributed by atoms with E-state index in [2.05, 4.69) is 40.6 Å². The van der Waals surface area contributed by atoms with Gasteiger partial charge in [-0.25, -0.2) is 4.98 Å². The van der Waals surface area contributed by atoms with E-state index in [1.54, 1.807) is 0 Å². The Bertz CT molecular complexity index is 337. The predicted molar refractivity (Wildman–Crippen MR) is 74.5 cm³/mol. The minimum atomic E-state index is 0.735. The zero-order chi connectivity index (χ0) is 12.1. The van der Waals surface area contributed by atoms with Gasteiger partial charge in [0.05, 0.1) is 0 Å². The number of thioether (sulfide) groups is 1. The second-order valence-electron chi connectivity index (χ2n) is 4.75. The molecule has 96 valence electrons. The Hall–Kier alpha value is -0.480. The van der Waals surface area contributed by atoms with E-state index in [0.29, 0.717) is 0 Å². The number of hydrogen-bond donors (Lipinski definition) is 1. The molecule has 2 atom stereocenters. The molecule has 1 saturated carbocycles. The third kappa shape index (κ3) is 3.75. The van der Waals surface area contributed by atoms with Crippen LogP contribution in [0.4, 0.5) is 0 Å². The van der Waals surface area contributed by atoms with Crippen LogP contribution in [0.1, 0.15) is 32.0 Å². The summed E-state index contributed by atoms with van der Waals surface area (Å²) in [6, 6.07) is 0.735. The van der Waals surface area contributed by atoms with Crippen molar-refractivity contribution in [3.05, 3.63) is 18.2 Å². The molecule has 0 aromatic carbocycles. The second kappa shape index (κ2) is 6.45. The van der Waals surface area contributed by atoms with E-state index in [0.717, 1.165) is 24.3 Å². The van der Waals surface area contributed by atoms with E-state index >= 15 is 0 Å². The van der Waals surface area contributed by atoms with Crippen molar-refractivity contribution in [3.63, 3.8) is 0 Å². The summed E-state index contributed by atoms with van der Waals surface area (Å²) in [5.74, 6) is 2.43. The normalized spacial score (nSPS) is 24.4. The van der Waals surface area contributed by atoms with E-state index in [4.69, 9.17) is 0 Å². The molecule has 2 rings (SSSR count). The van der Waals surface area contributed by atoms with E-state index in [9.17, 15) is 0 Å². The highest BCUT2D eigenvalue weighted by Gasteiger charge is 2.23. The van der Waals surface area contributed by atoms with Gasteiger partial charge in [0.25, 0.3) is 0 Å². The number of aromatic nitrogens is 2. The van der Waals surface area contributed by atoms with Gasteiger partial charge >= 0.3 is 0 Å². The van der Waals surface area contributed by atoms with Gasteiger partial charge in [-0.15, -0.1) is 0 Å². The molecule has 0 amide bonds. The maximum atomic E-state index is 4.34. The lowest BCUT2D eigenvalue weighted by molar-refractivity contribution is 0.521. The van der Waals surface area contributed by atoms with E-state index in [1.807, 2.05) is 12.4 Å². The van der Waals surface area contributed by atoms with Crippen LogP contribution in [0.15, 0.2) is 12.4 Å². The topological polar surface area (TPSA) is 29.9 Å². The van der Waals surface area contributed by atoms with Crippen LogP contribution in [0.5, 0.6) is 0 Å². The number of imidazole rings is 1. The van der Waals surface area contributed by atoms with Crippen LogP contribution < -0.4 is 5.32 Å². The van der Waals surface area contributed by atoms with Crippen LogP contribution in [0.2, 0.25) is 0 Å². The van der Waals surface area contributed by atoms with E-state index < -0.39 is 0 Å². The molecule has 1 aliphatic rings. The van der Waals surface area contributed by atoms with Gasteiger partial charge in [-0.05, 0) is 25.0 Å². The van der Waals surface area contributed by atoms with Gasteiger partial charge in [0, 0.05) is 43.7 Å². The highest BCUT2D eigenvalue weighted by molar-refractivity contribution is 7.99. The molecule has 1 aliphatic carbocycles. The Morgan fingerprint density at radius 3 is 3.12 bits per heavy atom. The summed E-state index contributed by atoms with van der Waals surface area (Å²) in [6.45, 7) is 3.31. The first-order valence-electron chi connectivity index (χ1n) is 6.60. The summed E-state index contributed by atoms with van der Waals surface area (Å²) in [5, 5.41) is 4.56. The standard InChI is InChI=1S/C13H23N3S/c1-3-17-12-5-4-11(10-12)14-7-6-13-15-8-9-16(13)2/h8-9,11-12,14H,3-7,10H2,1-2H3. The summed E-state index contributed by atoms with van der Waals surface area (Å²) >= 11 is 2.12. The third-order valence-corrected chi connectivity index (χ3v) is 4.72. The maximum Gasteiger partial charge on any atom is 0.109 e. The van der Waals surface area contributed by atoms with Crippen LogP contribution >= 0.6 is 11.8 Å². The fourth-order valence-electron chi connectivity index (χ4n) is 2.54. The number of rotatable bonds is 6. The molecule has 0 spiro atoms. The van der Waals surface area contributed by atoms with Crippen LogP contribution in [0.25, 0.3) is 0 Å². The largest absolute Gasteiger partial charge is 0.338 e. The van der Waals surface area contributed by atoms with Gasteiger partial charge in [0.2, 0.25) is 0 Å². The van der Waals surface area contributed by atoms with Gasteiger partial charge in [-0.2, -0.15) is 11.8 Å². The van der Waals surface area contributed by atoms with Crippen LogP contribution in [0.3, 0.4) is 0 Å². The van der Waals surface area contributed by atoms with Crippen LogP contribution in [-0.4, -0.2) is 33.1 Å². The molecular formula is C13H23N3S. The monoisotopic (exact) mass is 253 g/mol. The quantitative estimate of drug-likeness (QED) is 0.843. The average molecular weight is 253 g/mol. The predicted octanol–water partition coefficient (Wildman–Crippen LogP) is 2.23. The number of nitrogens with one attached hydrogen (secondary N) is 1. The highest BCUT2D eigenvalue weighted by Crippen LogP contribution is 2.29. The first-order valence-corrected chi connectivity index (χ1v) is 7.65. The van der Waals surface area contributed by atoms with Crippen molar-refractivity contribution in [2.24, 2.45) is 7.05 Å². The Balaban J connectivity index is 1.65. The smallest absolute Gasteiger partial charge is 0.109 e. The number of nitrogens with zero attached hydrogens (tertiary/aromatic N) is 2. The first kappa shape index (κ1) is 13.0. The molecule has 0 radical (unpaired) electrons. The molecule has 3 nitrogen and oxygen atoms in total. The van der Waals surface area contributed by atoms with E-state index in [1.165, 1.54) is 30.8 Å². The lowest BCUT2D eigenvalue weighted by Gasteiger charge is -2.12. The van der Waals surface area contributed by atoms with Crippen molar-refractivity contribution >= 4 is 11.8 Å². The minimum Gasteiger partial charge on any atom is -0.338 e. The van der Waals surface area contributed by atoms with Crippen molar-refractivity contribution in [3.8, 4) is 0 Å². The lowest BCUT2D eigenvalue weighted by atomic mass is 10.2. The van der Waals surface area contributed by atoms with Crippen molar-refractivity contribution in [1.29, 1.82) is 0 Å². The van der Waals surface area contributed by atoms with Gasteiger partial charge in [-0.1, -0.05) is 6.92 Å². The van der Waals surface area contributed by atoms with Crippen molar-refractivity contribution < 1.29 is 0 Å². The van der Waals surface area contributed by atoms with Crippen molar-refractivity contribution in [2.45, 2.75) is 43.9 Å². The summed E-state index contributed by atoms with van der Waals surface area (Å²) in [5.41, 5.74) is 0. The highest BCUT2D eigenvalue weighted by atomic mass is 32.2. The molecular weight excluding hydrogens is 230 g/mol. The Kier molecular flexibility index (Phi) is 4.92. The SMILES string of the molecule is CCSC1CCC(NCCc2nccn2C)C1. The number of aryl methyl sites for hydroxylation is 1. The summed E-state index contributed by atoms with van der Waals surface area (Å²) < 4.78 is 2.10. The minimum absolute atomic E-state index is 0.735. The lowest BCUT2D eigenvalue weighted by Crippen LogP contribution is -2.29. The molecule has 0 saturated heterocycles. The Morgan fingerprint density at radius 1 is 1.53 bits per heavy atom. The molecule has 1 aromatic rings. The van der Waals surface area contributed by atoms with Crippen LogP contribution in [-0.2, 0) is 13.5 Å². The first-order chi connectivity index (χ1) is 8.29. The third-order valence-electron chi connectivity index (χ3n) is 3.49. The molecule has 2 unspecified atom stereocenters. The molecule has 1 fully saturated rings. The number of hydrogen-bond acceptors (Lipinski definition) is 3. The summed E-state index contributed by atoms with van der Waals surface area (Å²) in [6.07, 6.45) is 9.00. The zero-order valence-corrected chi connectivity index (χ0v) is 11.7. The summed E-state index contributed by atoms with van der Waals surface area (Å²) in [4.78, 5) is 4.34. The molecule has 1 aromatic heterocycles. The Labute approximate surface area is 108 Å². The van der Waals surface area contributed by atoms with Crippen molar-refractivity contribution in [1.82, 2.24) is 14.9 Å².